The van der Waals surface area contributed by atoms with Crippen molar-refractivity contribution in [3.05, 3.63) is 34.3 Å². The Kier molecular flexibility index (Phi) is 3.92. The van der Waals surface area contributed by atoms with Crippen LogP contribution in [0.2, 0.25) is 0 Å². The van der Waals surface area contributed by atoms with Crippen LogP contribution in [0.4, 0.5) is 0 Å². The molecule has 0 unspecified atom stereocenters. The lowest BCUT2D eigenvalue weighted by Crippen LogP contribution is -1.74. The summed E-state index contributed by atoms with van der Waals surface area (Å²) < 4.78 is 0. The zero-order valence-electron chi connectivity index (χ0n) is 6.57. The molecule has 0 bridgehead atoms. The van der Waals surface area contributed by atoms with Crippen LogP contribution in [0.1, 0.15) is 6.92 Å². The van der Waals surface area contributed by atoms with Crippen molar-refractivity contribution in [2.45, 2.75) is 6.92 Å². The van der Waals surface area contributed by atoms with E-state index in [1.54, 1.807) is 21.6 Å². The van der Waals surface area contributed by atoms with Gasteiger partial charge in [-0.3, -0.25) is 0 Å². The second-order valence-corrected chi connectivity index (χ2v) is 4.48. The molecular formula is C9H8OS2. The van der Waals surface area contributed by atoms with E-state index in [1.807, 2.05) is 12.2 Å². The van der Waals surface area contributed by atoms with Gasteiger partial charge >= 0.3 is 0 Å². The molecule has 1 nitrogen and oxygen atoms in total. The first-order valence-corrected chi connectivity index (χ1v) is 5.52. The lowest BCUT2D eigenvalue weighted by molar-refractivity contribution is 0.474. The van der Waals surface area contributed by atoms with E-state index in [4.69, 9.17) is 5.11 Å². The molecule has 1 aliphatic heterocycles. The van der Waals surface area contributed by atoms with Crippen LogP contribution in [0, 0.1) is 11.8 Å². The Morgan fingerprint density at radius 3 is 2.83 bits per heavy atom. The Balaban J connectivity index is 2.62. The molecule has 1 heterocycles. The summed E-state index contributed by atoms with van der Waals surface area (Å²) in [5.41, 5.74) is 0. The summed E-state index contributed by atoms with van der Waals surface area (Å²) >= 11 is 0. The highest BCUT2D eigenvalue weighted by molar-refractivity contribution is 8.79. The molecule has 0 radical (unpaired) electrons. The highest BCUT2D eigenvalue weighted by Gasteiger charge is 2.00. The van der Waals surface area contributed by atoms with Gasteiger partial charge in [-0.05, 0) is 28.7 Å². The van der Waals surface area contributed by atoms with E-state index < -0.39 is 0 Å². The molecule has 0 saturated heterocycles. The molecule has 0 amide bonds. The molecule has 0 aliphatic carbocycles. The molecule has 0 fully saturated rings. The Labute approximate surface area is 80.0 Å². The second-order valence-electron chi connectivity index (χ2n) is 2.06. The first-order valence-electron chi connectivity index (χ1n) is 3.37. The van der Waals surface area contributed by atoms with Crippen molar-refractivity contribution < 1.29 is 5.11 Å². The van der Waals surface area contributed by atoms with Crippen LogP contribution in [-0.4, -0.2) is 5.11 Å². The standard InChI is InChI=1S/C9H8OS2/c1-8-5-6-9(12-11-8)4-2-3-7-10/h3,5-7,10H,1H3/b7-3+. The molecule has 62 valence electrons. The Morgan fingerprint density at radius 2 is 2.25 bits per heavy atom. The van der Waals surface area contributed by atoms with Gasteiger partial charge in [0.25, 0.3) is 0 Å². The van der Waals surface area contributed by atoms with Gasteiger partial charge in [0, 0.05) is 6.08 Å². The Hall–Kier alpha value is -0.720. The largest absolute Gasteiger partial charge is 0.515 e. The van der Waals surface area contributed by atoms with E-state index in [-0.39, 0.29) is 0 Å². The molecule has 12 heavy (non-hydrogen) atoms. The number of rotatable bonds is 0. The summed E-state index contributed by atoms with van der Waals surface area (Å²) in [7, 11) is 3.35. The van der Waals surface area contributed by atoms with Gasteiger partial charge in [0.2, 0.25) is 0 Å². The third-order valence-electron chi connectivity index (χ3n) is 1.09. The second kappa shape index (κ2) is 5.02. The van der Waals surface area contributed by atoms with Crippen molar-refractivity contribution in [2.24, 2.45) is 0 Å². The molecule has 3 heteroatoms. The van der Waals surface area contributed by atoms with Crippen LogP contribution in [0.5, 0.6) is 0 Å². The maximum absolute atomic E-state index is 8.31. The SMILES string of the molecule is CC1=CC=C(C#C/C=C/O)SS1. The minimum absolute atomic E-state index is 0.940. The minimum atomic E-state index is 0.940. The molecule has 0 aromatic carbocycles. The topological polar surface area (TPSA) is 20.2 Å². The van der Waals surface area contributed by atoms with Crippen molar-refractivity contribution in [3.63, 3.8) is 0 Å². The van der Waals surface area contributed by atoms with Gasteiger partial charge < -0.3 is 5.11 Å². The average molecular weight is 196 g/mol. The summed E-state index contributed by atoms with van der Waals surface area (Å²) in [5, 5.41) is 8.31. The highest BCUT2D eigenvalue weighted by atomic mass is 33.1. The average Bonchev–Trinajstić information content (AvgIpc) is 2.09. The normalized spacial score (nSPS) is 16.4. The lowest BCUT2D eigenvalue weighted by Gasteiger charge is -2.03. The predicted molar refractivity (Wildman–Crippen MR) is 56.6 cm³/mol. The predicted octanol–water partition coefficient (Wildman–Crippen LogP) is 3.24. The quantitative estimate of drug-likeness (QED) is 0.365. The summed E-state index contributed by atoms with van der Waals surface area (Å²) in [5.74, 6) is 5.61. The van der Waals surface area contributed by atoms with Crippen LogP contribution < -0.4 is 0 Å². The first kappa shape index (κ1) is 9.37. The van der Waals surface area contributed by atoms with Gasteiger partial charge in [0.05, 0.1) is 11.2 Å². The molecule has 0 saturated carbocycles. The molecule has 1 rings (SSSR count). The highest BCUT2D eigenvalue weighted by Crippen LogP contribution is 2.38. The van der Waals surface area contributed by atoms with E-state index in [9.17, 15) is 0 Å². The van der Waals surface area contributed by atoms with Gasteiger partial charge in [0.15, 0.2) is 0 Å². The smallest absolute Gasteiger partial charge is 0.0875 e. The van der Waals surface area contributed by atoms with Crippen LogP contribution in [0.3, 0.4) is 0 Å². The number of aliphatic hydroxyl groups excluding tert-OH is 1. The molecule has 1 N–H and O–H groups in total. The lowest BCUT2D eigenvalue weighted by atomic mass is 10.4. The van der Waals surface area contributed by atoms with Crippen molar-refractivity contribution in [2.75, 3.05) is 0 Å². The van der Waals surface area contributed by atoms with E-state index in [0.717, 1.165) is 11.2 Å². The minimum Gasteiger partial charge on any atom is -0.515 e. The van der Waals surface area contributed by atoms with E-state index >= 15 is 0 Å². The monoisotopic (exact) mass is 196 g/mol. The van der Waals surface area contributed by atoms with Crippen LogP contribution in [0.15, 0.2) is 34.3 Å². The molecule has 1 aliphatic rings. The first-order chi connectivity index (χ1) is 5.83. The van der Waals surface area contributed by atoms with Crippen LogP contribution >= 0.6 is 21.6 Å². The number of aliphatic hydroxyl groups is 1. The van der Waals surface area contributed by atoms with E-state index in [1.165, 1.54) is 11.0 Å². The summed E-state index contributed by atoms with van der Waals surface area (Å²) in [6, 6.07) is 0. The number of allylic oxidation sites excluding steroid dienone is 5. The van der Waals surface area contributed by atoms with Gasteiger partial charge in [-0.1, -0.05) is 28.7 Å². The summed E-state index contributed by atoms with van der Waals surface area (Å²) in [6.07, 6.45) is 6.37. The van der Waals surface area contributed by atoms with Crippen molar-refractivity contribution >= 4 is 21.6 Å². The molecule has 0 aromatic heterocycles. The number of hydrogen-bond acceptors (Lipinski definition) is 3. The van der Waals surface area contributed by atoms with Gasteiger partial charge in [0.1, 0.15) is 0 Å². The summed E-state index contributed by atoms with van der Waals surface area (Å²) in [6.45, 7) is 2.06. The van der Waals surface area contributed by atoms with Crippen molar-refractivity contribution in [3.8, 4) is 11.8 Å². The third-order valence-corrected chi connectivity index (χ3v) is 3.56. The maximum Gasteiger partial charge on any atom is 0.0875 e. The van der Waals surface area contributed by atoms with Crippen LogP contribution in [-0.2, 0) is 0 Å². The third kappa shape index (κ3) is 3.12. The molecule has 0 atom stereocenters. The maximum atomic E-state index is 8.31. The fourth-order valence-corrected chi connectivity index (χ4v) is 2.26. The Bertz CT molecular complexity index is 302. The zero-order chi connectivity index (χ0) is 8.81. The van der Waals surface area contributed by atoms with E-state index in [2.05, 4.69) is 18.8 Å². The van der Waals surface area contributed by atoms with Gasteiger partial charge in [-0.2, -0.15) is 0 Å². The van der Waals surface area contributed by atoms with Gasteiger partial charge in [-0.15, -0.1) is 0 Å². The fraction of sp³-hybridized carbons (Fsp3) is 0.111. The molecule has 0 spiro atoms. The fourth-order valence-electron chi connectivity index (χ4n) is 0.572. The number of hydrogen-bond donors (Lipinski definition) is 1. The summed E-state index contributed by atoms with van der Waals surface area (Å²) in [4.78, 5) is 2.30. The molecule has 0 aromatic rings. The zero-order valence-corrected chi connectivity index (χ0v) is 8.21. The van der Waals surface area contributed by atoms with Crippen molar-refractivity contribution in [1.29, 1.82) is 0 Å². The Morgan fingerprint density at radius 1 is 1.42 bits per heavy atom. The van der Waals surface area contributed by atoms with Crippen LogP contribution in [0.25, 0.3) is 0 Å². The van der Waals surface area contributed by atoms with Gasteiger partial charge in [-0.25, -0.2) is 0 Å². The van der Waals surface area contributed by atoms with Crippen molar-refractivity contribution in [1.82, 2.24) is 0 Å². The van der Waals surface area contributed by atoms with E-state index in [0.29, 0.717) is 0 Å². The molecular weight excluding hydrogens is 188 g/mol.